The van der Waals surface area contributed by atoms with Crippen LogP contribution in [0.15, 0.2) is 18.2 Å². The molecule has 1 aromatic rings. The Bertz CT molecular complexity index is 387. The fraction of sp³-hybridized carbons (Fsp3) is 0.500. The minimum absolute atomic E-state index is 0.253. The van der Waals surface area contributed by atoms with Crippen LogP contribution in [0.25, 0.3) is 0 Å². The second kappa shape index (κ2) is 3.65. The monoisotopic (exact) mass is 243 g/mol. The van der Waals surface area contributed by atoms with Gasteiger partial charge in [0, 0.05) is 0 Å². The van der Waals surface area contributed by atoms with Gasteiger partial charge in [-0.05, 0) is 35.4 Å². The van der Waals surface area contributed by atoms with E-state index in [4.69, 9.17) is 28.9 Å². The van der Waals surface area contributed by atoms with Gasteiger partial charge in [-0.15, -0.1) is 0 Å². The van der Waals surface area contributed by atoms with Gasteiger partial charge in [0.1, 0.15) is 0 Å². The Morgan fingerprint density at radius 3 is 2.53 bits per heavy atom. The molecule has 2 rings (SSSR count). The van der Waals surface area contributed by atoms with E-state index in [0.717, 1.165) is 5.56 Å². The number of hydrogen-bond acceptors (Lipinski definition) is 1. The van der Waals surface area contributed by atoms with E-state index in [1.807, 2.05) is 12.1 Å². The van der Waals surface area contributed by atoms with Crippen LogP contribution in [0.1, 0.15) is 25.3 Å². The molecule has 1 aromatic carbocycles. The molecule has 0 spiro atoms. The van der Waals surface area contributed by atoms with Crippen molar-refractivity contribution in [2.75, 3.05) is 6.54 Å². The van der Waals surface area contributed by atoms with Gasteiger partial charge in [-0.2, -0.15) is 0 Å². The number of hydrogen-bond donors (Lipinski definition) is 1. The van der Waals surface area contributed by atoms with Crippen LogP contribution < -0.4 is 5.73 Å². The standard InChI is InChI=1S/C12H15Cl2N/c1-12(2)8(6-15)10(12)7-4-3-5-9(13)11(7)14/h3-5,8,10H,6,15H2,1-2H3/t8-,10-/m1/s1. The smallest absolute Gasteiger partial charge is 0.0627 e. The first-order valence-corrected chi connectivity index (χ1v) is 5.89. The molecule has 0 saturated heterocycles. The molecule has 2 atom stereocenters. The second-order valence-electron chi connectivity index (χ2n) is 4.78. The summed E-state index contributed by atoms with van der Waals surface area (Å²) in [5, 5.41) is 1.32. The summed E-state index contributed by atoms with van der Waals surface area (Å²) in [5.41, 5.74) is 7.15. The van der Waals surface area contributed by atoms with E-state index in [9.17, 15) is 0 Å². The maximum Gasteiger partial charge on any atom is 0.0627 e. The van der Waals surface area contributed by atoms with Crippen LogP contribution in [0.2, 0.25) is 10.0 Å². The van der Waals surface area contributed by atoms with Crippen molar-refractivity contribution in [1.29, 1.82) is 0 Å². The lowest BCUT2D eigenvalue weighted by Gasteiger charge is -2.06. The number of nitrogens with two attached hydrogens (primary N) is 1. The van der Waals surface area contributed by atoms with Crippen LogP contribution in [0.5, 0.6) is 0 Å². The van der Waals surface area contributed by atoms with Crippen molar-refractivity contribution in [3.8, 4) is 0 Å². The van der Waals surface area contributed by atoms with Gasteiger partial charge in [-0.25, -0.2) is 0 Å². The number of halogens is 2. The minimum Gasteiger partial charge on any atom is -0.330 e. The van der Waals surface area contributed by atoms with E-state index in [1.54, 1.807) is 0 Å². The second-order valence-corrected chi connectivity index (χ2v) is 5.57. The molecule has 3 heteroatoms. The Morgan fingerprint density at radius 1 is 1.33 bits per heavy atom. The molecule has 2 N–H and O–H groups in total. The van der Waals surface area contributed by atoms with E-state index >= 15 is 0 Å². The first kappa shape index (κ1) is 11.3. The fourth-order valence-electron chi connectivity index (χ4n) is 2.56. The molecule has 1 saturated carbocycles. The van der Waals surface area contributed by atoms with Crippen LogP contribution in [0.4, 0.5) is 0 Å². The average Bonchev–Trinajstić information content (AvgIpc) is 2.73. The lowest BCUT2D eigenvalue weighted by molar-refractivity contribution is 0.558. The van der Waals surface area contributed by atoms with E-state index in [2.05, 4.69) is 19.9 Å². The molecule has 0 aromatic heterocycles. The molecule has 0 bridgehead atoms. The van der Waals surface area contributed by atoms with Crippen molar-refractivity contribution in [3.05, 3.63) is 33.8 Å². The van der Waals surface area contributed by atoms with Gasteiger partial charge in [0.2, 0.25) is 0 Å². The molecule has 0 heterocycles. The van der Waals surface area contributed by atoms with Gasteiger partial charge in [0.15, 0.2) is 0 Å². The molecule has 0 aliphatic heterocycles. The molecule has 0 unspecified atom stereocenters. The van der Waals surface area contributed by atoms with E-state index < -0.39 is 0 Å². The molecular weight excluding hydrogens is 229 g/mol. The van der Waals surface area contributed by atoms with Crippen LogP contribution in [-0.4, -0.2) is 6.54 Å². The third-order valence-electron chi connectivity index (χ3n) is 3.62. The zero-order valence-electron chi connectivity index (χ0n) is 8.93. The van der Waals surface area contributed by atoms with E-state index in [-0.39, 0.29) is 5.41 Å². The third kappa shape index (κ3) is 1.67. The molecule has 0 amide bonds. The summed E-state index contributed by atoms with van der Waals surface area (Å²) in [4.78, 5) is 0. The largest absolute Gasteiger partial charge is 0.330 e. The molecule has 1 nitrogen and oxygen atoms in total. The molecule has 1 aliphatic carbocycles. The van der Waals surface area contributed by atoms with E-state index in [1.165, 1.54) is 0 Å². The molecule has 82 valence electrons. The Labute approximate surface area is 101 Å². The maximum atomic E-state index is 6.21. The van der Waals surface area contributed by atoms with Crippen LogP contribution in [-0.2, 0) is 0 Å². The predicted molar refractivity (Wildman–Crippen MR) is 65.5 cm³/mol. The molecule has 0 radical (unpaired) electrons. The highest BCUT2D eigenvalue weighted by atomic mass is 35.5. The van der Waals surface area contributed by atoms with Crippen LogP contribution in [0.3, 0.4) is 0 Å². The van der Waals surface area contributed by atoms with Crippen LogP contribution in [0, 0.1) is 11.3 Å². The summed E-state index contributed by atoms with van der Waals surface area (Å²) < 4.78 is 0. The summed E-state index contributed by atoms with van der Waals surface area (Å²) in [6.45, 7) is 5.17. The fourth-order valence-corrected chi connectivity index (χ4v) is 2.99. The zero-order valence-corrected chi connectivity index (χ0v) is 10.4. The zero-order chi connectivity index (χ0) is 11.2. The summed E-state index contributed by atoms with van der Waals surface area (Å²) >= 11 is 12.2. The minimum atomic E-state index is 0.253. The quantitative estimate of drug-likeness (QED) is 0.843. The number of rotatable bonds is 2. The van der Waals surface area contributed by atoms with Gasteiger partial charge in [-0.1, -0.05) is 49.2 Å². The molecule has 1 aliphatic rings. The maximum absolute atomic E-state index is 6.21. The average molecular weight is 244 g/mol. The predicted octanol–water partition coefficient (Wildman–Crippen LogP) is 3.69. The SMILES string of the molecule is CC1(C)[C@H](CN)[C@H]1c1cccc(Cl)c1Cl. The van der Waals surface area contributed by atoms with Gasteiger partial charge in [0.05, 0.1) is 10.0 Å². The molecular formula is C12H15Cl2N. The molecule has 1 fully saturated rings. The van der Waals surface area contributed by atoms with Crippen molar-refractivity contribution in [3.63, 3.8) is 0 Å². The van der Waals surface area contributed by atoms with Gasteiger partial charge >= 0.3 is 0 Å². The first-order chi connectivity index (χ1) is 7.00. The normalized spacial score (nSPS) is 27.8. The van der Waals surface area contributed by atoms with Gasteiger partial charge in [-0.3, -0.25) is 0 Å². The Balaban J connectivity index is 2.37. The number of benzene rings is 1. The third-order valence-corrected chi connectivity index (χ3v) is 4.45. The summed E-state index contributed by atoms with van der Waals surface area (Å²) in [5.74, 6) is 0.974. The lowest BCUT2D eigenvalue weighted by Crippen LogP contribution is -2.05. The van der Waals surface area contributed by atoms with Crippen molar-refractivity contribution in [2.24, 2.45) is 17.1 Å². The summed E-state index contributed by atoms with van der Waals surface area (Å²) in [6, 6.07) is 5.82. The topological polar surface area (TPSA) is 26.0 Å². The van der Waals surface area contributed by atoms with Gasteiger partial charge < -0.3 is 5.73 Å². The Kier molecular flexibility index (Phi) is 2.74. The summed E-state index contributed by atoms with van der Waals surface area (Å²) in [6.07, 6.45) is 0. The highest BCUT2D eigenvalue weighted by Gasteiger charge is 2.57. The van der Waals surface area contributed by atoms with Crippen molar-refractivity contribution in [1.82, 2.24) is 0 Å². The van der Waals surface area contributed by atoms with Crippen molar-refractivity contribution < 1.29 is 0 Å². The first-order valence-electron chi connectivity index (χ1n) is 5.14. The lowest BCUT2D eigenvalue weighted by atomic mass is 10.0. The van der Waals surface area contributed by atoms with Gasteiger partial charge in [0.25, 0.3) is 0 Å². The van der Waals surface area contributed by atoms with Crippen molar-refractivity contribution in [2.45, 2.75) is 19.8 Å². The Morgan fingerprint density at radius 2 is 2.00 bits per heavy atom. The highest BCUT2D eigenvalue weighted by Crippen LogP contribution is 2.65. The Hall–Kier alpha value is -0.240. The molecule has 15 heavy (non-hydrogen) atoms. The van der Waals surface area contributed by atoms with Crippen LogP contribution >= 0.6 is 23.2 Å². The summed E-state index contributed by atoms with van der Waals surface area (Å²) in [7, 11) is 0. The highest BCUT2D eigenvalue weighted by molar-refractivity contribution is 6.42. The van der Waals surface area contributed by atoms with Crippen molar-refractivity contribution >= 4 is 23.2 Å². The van der Waals surface area contributed by atoms with E-state index in [0.29, 0.717) is 28.4 Å².